The average molecular weight is 265 g/mol. The summed E-state index contributed by atoms with van der Waals surface area (Å²) in [5.41, 5.74) is 0.763. The number of ether oxygens (including phenoxy) is 2. The van der Waals surface area contributed by atoms with Gasteiger partial charge in [-0.05, 0) is 12.5 Å². The van der Waals surface area contributed by atoms with Crippen molar-refractivity contribution in [3.8, 4) is 0 Å². The van der Waals surface area contributed by atoms with Crippen LogP contribution in [0.15, 0.2) is 30.3 Å². The minimum Gasteiger partial charge on any atom is -0.444 e. The predicted molar refractivity (Wildman–Crippen MR) is 69.7 cm³/mol. The molecule has 2 unspecified atom stereocenters. The lowest BCUT2D eigenvalue weighted by Gasteiger charge is -2.21. The number of hydrogen-bond donors (Lipinski definition) is 2. The summed E-state index contributed by atoms with van der Waals surface area (Å²) in [4.78, 5) is 11.6. The molecular formula is C14H19NO4. The lowest BCUT2D eigenvalue weighted by atomic mass is 10.0. The topological polar surface area (TPSA) is 67.8 Å². The maximum atomic E-state index is 11.6. The van der Waals surface area contributed by atoms with Gasteiger partial charge in [-0.1, -0.05) is 30.3 Å². The predicted octanol–water partition coefficient (Wildman–Crippen LogP) is 1.62. The van der Waals surface area contributed by atoms with Gasteiger partial charge in [-0.15, -0.1) is 0 Å². The van der Waals surface area contributed by atoms with E-state index in [1.165, 1.54) is 0 Å². The Morgan fingerprint density at radius 1 is 1.47 bits per heavy atom. The van der Waals surface area contributed by atoms with E-state index in [1.54, 1.807) is 6.92 Å². The summed E-state index contributed by atoms with van der Waals surface area (Å²) >= 11 is 0. The molecule has 0 saturated carbocycles. The Bertz CT molecular complexity index is 403. The van der Waals surface area contributed by atoms with Gasteiger partial charge in [0.15, 0.2) is 0 Å². The quantitative estimate of drug-likeness (QED) is 0.868. The van der Waals surface area contributed by atoms with E-state index in [0.29, 0.717) is 13.2 Å². The fraction of sp³-hybridized carbons (Fsp3) is 0.500. The first-order chi connectivity index (χ1) is 9.16. The number of carbonyl (C=O) groups excluding carboxylic acids is 1. The first-order valence-electron chi connectivity index (χ1n) is 6.44. The molecule has 1 fully saturated rings. The number of rotatable bonds is 4. The second-order valence-corrected chi connectivity index (χ2v) is 4.68. The molecule has 1 aliphatic heterocycles. The summed E-state index contributed by atoms with van der Waals surface area (Å²) in [5, 5.41) is 12.7. The van der Waals surface area contributed by atoms with E-state index in [0.717, 1.165) is 12.0 Å². The molecule has 3 atom stereocenters. The van der Waals surface area contributed by atoms with Crippen molar-refractivity contribution >= 4 is 6.09 Å². The van der Waals surface area contributed by atoms with Crippen LogP contribution in [0.5, 0.6) is 0 Å². The van der Waals surface area contributed by atoms with Crippen molar-refractivity contribution < 1.29 is 19.4 Å². The summed E-state index contributed by atoms with van der Waals surface area (Å²) in [7, 11) is 0. The highest BCUT2D eigenvalue weighted by molar-refractivity contribution is 5.67. The second kappa shape index (κ2) is 6.54. The average Bonchev–Trinajstić information content (AvgIpc) is 2.91. The van der Waals surface area contributed by atoms with Crippen molar-refractivity contribution in [3.63, 3.8) is 0 Å². The highest BCUT2D eigenvalue weighted by Crippen LogP contribution is 2.16. The number of benzene rings is 1. The molecule has 1 aromatic rings. The summed E-state index contributed by atoms with van der Waals surface area (Å²) < 4.78 is 10.3. The van der Waals surface area contributed by atoms with Crippen LogP contribution < -0.4 is 5.32 Å². The Morgan fingerprint density at radius 2 is 2.21 bits per heavy atom. The molecule has 1 heterocycles. The van der Waals surface area contributed by atoms with Gasteiger partial charge in [0.1, 0.15) is 6.10 Å². The van der Waals surface area contributed by atoms with Crippen molar-refractivity contribution in [1.29, 1.82) is 0 Å². The van der Waals surface area contributed by atoms with Gasteiger partial charge in [0.25, 0.3) is 0 Å². The van der Waals surface area contributed by atoms with E-state index in [1.807, 2.05) is 30.3 Å². The first-order valence-corrected chi connectivity index (χ1v) is 6.44. The molecular weight excluding hydrogens is 246 g/mol. The van der Waals surface area contributed by atoms with Crippen molar-refractivity contribution in [3.05, 3.63) is 35.9 Å². The minimum atomic E-state index is -0.756. The molecule has 0 radical (unpaired) electrons. The number of alkyl carbamates (subject to hydrolysis) is 1. The van der Waals surface area contributed by atoms with Crippen LogP contribution in [0.3, 0.4) is 0 Å². The highest BCUT2D eigenvalue weighted by atomic mass is 16.6. The number of nitrogens with one attached hydrogen (secondary N) is 1. The Labute approximate surface area is 112 Å². The smallest absolute Gasteiger partial charge is 0.407 e. The fourth-order valence-corrected chi connectivity index (χ4v) is 1.99. The Morgan fingerprint density at radius 3 is 2.84 bits per heavy atom. The largest absolute Gasteiger partial charge is 0.444 e. The van der Waals surface area contributed by atoms with Crippen molar-refractivity contribution in [1.82, 2.24) is 5.32 Å². The third kappa shape index (κ3) is 3.94. The maximum Gasteiger partial charge on any atom is 0.407 e. The monoisotopic (exact) mass is 265 g/mol. The molecule has 0 spiro atoms. The second-order valence-electron chi connectivity index (χ2n) is 4.68. The summed E-state index contributed by atoms with van der Waals surface area (Å²) in [6, 6.07) is 8.79. The zero-order valence-electron chi connectivity index (χ0n) is 10.9. The molecule has 1 aliphatic rings. The van der Waals surface area contributed by atoms with E-state index < -0.39 is 18.2 Å². The standard InChI is InChI=1S/C14H19NO4/c1-10(13(16)11-5-3-2-4-6-11)15-14(17)19-12-7-8-18-9-12/h2-6,10,12-13,16H,7-9H2,1H3,(H,15,17)/t10?,12-,13?/m0/s1. The number of hydrogen-bond acceptors (Lipinski definition) is 4. The molecule has 1 amide bonds. The number of amides is 1. The maximum absolute atomic E-state index is 11.6. The fourth-order valence-electron chi connectivity index (χ4n) is 1.99. The highest BCUT2D eigenvalue weighted by Gasteiger charge is 2.23. The molecule has 19 heavy (non-hydrogen) atoms. The van der Waals surface area contributed by atoms with Crippen LogP contribution in [0.25, 0.3) is 0 Å². The van der Waals surface area contributed by atoms with Crippen LogP contribution in [0.2, 0.25) is 0 Å². The van der Waals surface area contributed by atoms with Crippen LogP contribution in [0, 0.1) is 0 Å². The first kappa shape index (κ1) is 13.8. The van der Waals surface area contributed by atoms with E-state index in [-0.39, 0.29) is 6.10 Å². The molecule has 1 saturated heterocycles. The van der Waals surface area contributed by atoms with E-state index in [2.05, 4.69) is 5.32 Å². The van der Waals surface area contributed by atoms with Crippen LogP contribution in [-0.2, 0) is 9.47 Å². The van der Waals surface area contributed by atoms with Crippen LogP contribution in [0.1, 0.15) is 25.0 Å². The minimum absolute atomic E-state index is 0.180. The third-order valence-corrected chi connectivity index (χ3v) is 3.12. The van der Waals surface area contributed by atoms with Gasteiger partial charge in [0.2, 0.25) is 0 Å². The normalized spacial score (nSPS) is 21.7. The van der Waals surface area contributed by atoms with Gasteiger partial charge >= 0.3 is 6.09 Å². The van der Waals surface area contributed by atoms with Crippen molar-refractivity contribution in [2.24, 2.45) is 0 Å². The molecule has 0 aliphatic carbocycles. The lowest BCUT2D eigenvalue weighted by molar-refractivity contribution is 0.0711. The van der Waals surface area contributed by atoms with Gasteiger partial charge in [0.05, 0.1) is 25.4 Å². The molecule has 5 nitrogen and oxygen atoms in total. The summed E-state index contributed by atoms with van der Waals surface area (Å²) in [5.74, 6) is 0. The SMILES string of the molecule is CC(NC(=O)O[C@H]1CCOC1)C(O)c1ccccc1. The summed E-state index contributed by atoms with van der Waals surface area (Å²) in [6.07, 6.45) is -0.726. The number of aliphatic hydroxyl groups excluding tert-OH is 1. The van der Waals surface area contributed by atoms with Crippen LogP contribution in [-0.4, -0.2) is 36.6 Å². The number of carbonyl (C=O) groups is 1. The molecule has 2 rings (SSSR count). The molecule has 2 N–H and O–H groups in total. The van der Waals surface area contributed by atoms with Crippen molar-refractivity contribution in [2.75, 3.05) is 13.2 Å². The van der Waals surface area contributed by atoms with Gasteiger partial charge < -0.3 is 19.9 Å². The van der Waals surface area contributed by atoms with Gasteiger partial charge in [-0.25, -0.2) is 4.79 Å². The van der Waals surface area contributed by atoms with Crippen LogP contribution >= 0.6 is 0 Å². The Hall–Kier alpha value is -1.59. The van der Waals surface area contributed by atoms with E-state index >= 15 is 0 Å². The Kier molecular flexibility index (Phi) is 4.76. The zero-order chi connectivity index (χ0) is 13.7. The van der Waals surface area contributed by atoms with E-state index in [9.17, 15) is 9.90 Å². The Balaban J connectivity index is 1.82. The van der Waals surface area contributed by atoms with Crippen LogP contribution in [0.4, 0.5) is 4.79 Å². The zero-order valence-corrected chi connectivity index (χ0v) is 10.9. The molecule has 0 bridgehead atoms. The molecule has 0 aromatic heterocycles. The molecule has 104 valence electrons. The van der Waals surface area contributed by atoms with Crippen molar-refractivity contribution in [2.45, 2.75) is 31.6 Å². The van der Waals surface area contributed by atoms with Gasteiger partial charge in [-0.3, -0.25) is 0 Å². The summed E-state index contributed by atoms with van der Waals surface area (Å²) in [6.45, 7) is 2.81. The van der Waals surface area contributed by atoms with Gasteiger partial charge in [-0.2, -0.15) is 0 Å². The number of aliphatic hydroxyl groups is 1. The molecule has 5 heteroatoms. The molecule has 1 aromatic carbocycles. The van der Waals surface area contributed by atoms with Gasteiger partial charge in [0, 0.05) is 6.42 Å². The van der Waals surface area contributed by atoms with E-state index in [4.69, 9.17) is 9.47 Å². The lowest BCUT2D eigenvalue weighted by Crippen LogP contribution is -2.39. The third-order valence-electron chi connectivity index (χ3n) is 3.12.